The van der Waals surface area contributed by atoms with Crippen LogP contribution in [0.3, 0.4) is 0 Å². The van der Waals surface area contributed by atoms with Gasteiger partial charge in [0.25, 0.3) is 0 Å². The maximum Gasteiger partial charge on any atom is 0.307 e. The first-order chi connectivity index (χ1) is 9.17. The van der Waals surface area contributed by atoms with Gasteiger partial charge >= 0.3 is 5.97 Å². The molecule has 1 N–H and O–H groups in total. The molecule has 1 aliphatic carbocycles. The fraction of sp³-hybridized carbons (Fsp3) is 0.562. The number of benzene rings is 1. The number of hydrogen-bond acceptors (Lipinski definition) is 2. The van der Waals surface area contributed by atoms with Crippen molar-refractivity contribution in [2.75, 3.05) is 0 Å². The highest BCUT2D eigenvalue weighted by Crippen LogP contribution is 2.29. The Morgan fingerprint density at radius 1 is 1.32 bits per heavy atom. The quantitative estimate of drug-likeness (QED) is 0.880. The Bertz CT molecular complexity index is 411. The Kier molecular flexibility index (Phi) is 4.83. The molecule has 2 atom stereocenters. The zero-order valence-corrected chi connectivity index (χ0v) is 11.5. The number of carboxylic acids is 1. The second kappa shape index (κ2) is 6.60. The molecule has 0 aliphatic heterocycles. The van der Waals surface area contributed by atoms with Crippen molar-refractivity contribution >= 4 is 5.97 Å². The maximum absolute atomic E-state index is 10.6. The van der Waals surface area contributed by atoms with Gasteiger partial charge in [-0.2, -0.15) is 0 Å². The van der Waals surface area contributed by atoms with Crippen molar-refractivity contribution in [1.29, 1.82) is 0 Å². The van der Waals surface area contributed by atoms with Gasteiger partial charge in [-0.1, -0.05) is 31.9 Å². The average Bonchev–Trinajstić information content (AvgIpc) is 2.41. The van der Waals surface area contributed by atoms with Crippen LogP contribution in [0.2, 0.25) is 0 Å². The lowest BCUT2D eigenvalue weighted by Gasteiger charge is -2.29. The molecular formula is C16H22O3. The Labute approximate surface area is 114 Å². The van der Waals surface area contributed by atoms with Crippen molar-refractivity contribution in [2.45, 2.75) is 51.6 Å². The van der Waals surface area contributed by atoms with Crippen LogP contribution in [-0.4, -0.2) is 17.2 Å². The second-order valence-corrected chi connectivity index (χ2v) is 5.40. The average molecular weight is 262 g/mol. The summed E-state index contributed by atoms with van der Waals surface area (Å²) in [4.78, 5) is 10.6. The van der Waals surface area contributed by atoms with E-state index in [1.54, 1.807) is 0 Å². The fourth-order valence-electron chi connectivity index (χ4n) is 2.77. The number of rotatable bonds is 5. The van der Waals surface area contributed by atoms with E-state index in [0.29, 0.717) is 6.10 Å². The second-order valence-electron chi connectivity index (χ2n) is 5.40. The van der Waals surface area contributed by atoms with Crippen LogP contribution in [-0.2, 0) is 11.2 Å². The molecule has 0 saturated heterocycles. The summed E-state index contributed by atoms with van der Waals surface area (Å²) in [5.74, 6) is 0.854. The van der Waals surface area contributed by atoms with Gasteiger partial charge in [0.1, 0.15) is 5.75 Å². The molecule has 3 heteroatoms. The number of aliphatic carboxylic acids is 1. The first-order valence-electron chi connectivity index (χ1n) is 7.14. The Hall–Kier alpha value is -1.51. The zero-order valence-electron chi connectivity index (χ0n) is 11.5. The minimum atomic E-state index is -0.799. The fourth-order valence-corrected chi connectivity index (χ4v) is 2.77. The van der Waals surface area contributed by atoms with E-state index in [-0.39, 0.29) is 6.42 Å². The van der Waals surface area contributed by atoms with Gasteiger partial charge in [-0.15, -0.1) is 0 Å². The largest absolute Gasteiger partial charge is 0.490 e. The molecule has 0 heterocycles. The molecule has 0 amide bonds. The first-order valence-corrected chi connectivity index (χ1v) is 7.14. The van der Waals surface area contributed by atoms with Crippen molar-refractivity contribution in [3.8, 4) is 5.75 Å². The monoisotopic (exact) mass is 262 g/mol. The number of ether oxygens (including phenoxy) is 1. The number of carbonyl (C=O) groups is 1. The molecular weight excluding hydrogens is 240 g/mol. The lowest BCUT2D eigenvalue weighted by Crippen LogP contribution is -2.25. The van der Waals surface area contributed by atoms with Crippen LogP contribution in [0.1, 0.15) is 44.6 Å². The molecule has 3 nitrogen and oxygen atoms in total. The molecule has 1 aliphatic rings. The molecule has 19 heavy (non-hydrogen) atoms. The third-order valence-electron chi connectivity index (χ3n) is 3.89. The lowest BCUT2D eigenvalue weighted by molar-refractivity contribution is -0.136. The molecule has 1 fully saturated rings. The Balaban J connectivity index is 1.90. The Morgan fingerprint density at radius 3 is 2.68 bits per heavy atom. The summed E-state index contributed by atoms with van der Waals surface area (Å²) in [6.07, 6.45) is 6.48. The van der Waals surface area contributed by atoms with Crippen LogP contribution in [0.5, 0.6) is 5.75 Å². The molecule has 0 spiro atoms. The highest BCUT2D eigenvalue weighted by Gasteiger charge is 2.21. The SMILES string of the molecule is CCC1CCCC(Oc2ccc(CC(=O)O)cc2)C1. The van der Waals surface area contributed by atoms with E-state index in [1.807, 2.05) is 24.3 Å². The smallest absolute Gasteiger partial charge is 0.307 e. The molecule has 0 aromatic heterocycles. The summed E-state index contributed by atoms with van der Waals surface area (Å²) >= 11 is 0. The van der Waals surface area contributed by atoms with E-state index in [9.17, 15) is 4.79 Å². The van der Waals surface area contributed by atoms with Crippen LogP contribution in [0.4, 0.5) is 0 Å². The van der Waals surface area contributed by atoms with Crippen LogP contribution >= 0.6 is 0 Å². The van der Waals surface area contributed by atoms with Gasteiger partial charge in [0.05, 0.1) is 12.5 Å². The number of hydrogen-bond donors (Lipinski definition) is 1. The summed E-state index contributed by atoms with van der Waals surface area (Å²) in [5, 5.41) is 8.72. The minimum Gasteiger partial charge on any atom is -0.490 e. The molecule has 2 rings (SSSR count). The molecule has 1 aromatic rings. The van der Waals surface area contributed by atoms with Gasteiger partial charge in [-0.3, -0.25) is 4.79 Å². The van der Waals surface area contributed by atoms with Crippen molar-refractivity contribution < 1.29 is 14.6 Å². The van der Waals surface area contributed by atoms with Crippen molar-refractivity contribution in [1.82, 2.24) is 0 Å². The van der Waals surface area contributed by atoms with Gasteiger partial charge in [0, 0.05) is 0 Å². The van der Waals surface area contributed by atoms with E-state index in [1.165, 1.54) is 19.3 Å². The van der Waals surface area contributed by atoms with Crippen molar-refractivity contribution in [3.05, 3.63) is 29.8 Å². The van der Waals surface area contributed by atoms with Crippen molar-refractivity contribution in [2.24, 2.45) is 5.92 Å². The summed E-state index contributed by atoms with van der Waals surface area (Å²) in [6, 6.07) is 7.44. The molecule has 1 saturated carbocycles. The third kappa shape index (κ3) is 4.27. The predicted octanol–water partition coefficient (Wildman–Crippen LogP) is 3.66. The van der Waals surface area contributed by atoms with Crippen LogP contribution < -0.4 is 4.74 Å². The zero-order chi connectivity index (χ0) is 13.7. The topological polar surface area (TPSA) is 46.5 Å². The van der Waals surface area contributed by atoms with E-state index < -0.39 is 5.97 Å². The van der Waals surface area contributed by atoms with Gasteiger partial charge in [-0.05, 0) is 42.9 Å². The summed E-state index contributed by atoms with van der Waals surface area (Å²) < 4.78 is 6.00. The summed E-state index contributed by atoms with van der Waals surface area (Å²) in [7, 11) is 0. The minimum absolute atomic E-state index is 0.0710. The molecule has 0 bridgehead atoms. The Morgan fingerprint density at radius 2 is 2.05 bits per heavy atom. The lowest BCUT2D eigenvalue weighted by atomic mass is 9.85. The van der Waals surface area contributed by atoms with Crippen LogP contribution in [0.25, 0.3) is 0 Å². The molecule has 1 aromatic carbocycles. The summed E-state index contributed by atoms with van der Waals surface area (Å²) in [6.45, 7) is 2.24. The molecule has 2 unspecified atom stereocenters. The first kappa shape index (κ1) is 13.9. The molecule has 0 radical (unpaired) electrons. The third-order valence-corrected chi connectivity index (χ3v) is 3.89. The van der Waals surface area contributed by atoms with Crippen molar-refractivity contribution in [3.63, 3.8) is 0 Å². The summed E-state index contributed by atoms with van der Waals surface area (Å²) in [5.41, 5.74) is 0.815. The van der Waals surface area contributed by atoms with Gasteiger partial charge in [-0.25, -0.2) is 0 Å². The highest BCUT2D eigenvalue weighted by atomic mass is 16.5. The number of carboxylic acid groups (broad SMARTS) is 1. The van der Waals surface area contributed by atoms with Gasteiger partial charge < -0.3 is 9.84 Å². The van der Waals surface area contributed by atoms with E-state index in [0.717, 1.165) is 30.1 Å². The maximum atomic E-state index is 10.6. The highest BCUT2D eigenvalue weighted by molar-refractivity contribution is 5.70. The van der Waals surface area contributed by atoms with E-state index >= 15 is 0 Å². The predicted molar refractivity (Wildman–Crippen MR) is 74.4 cm³/mol. The van der Waals surface area contributed by atoms with Crippen LogP contribution in [0, 0.1) is 5.92 Å². The normalized spacial score (nSPS) is 23.0. The molecule has 104 valence electrons. The van der Waals surface area contributed by atoms with Gasteiger partial charge in [0.15, 0.2) is 0 Å². The van der Waals surface area contributed by atoms with Crippen LogP contribution in [0.15, 0.2) is 24.3 Å². The van der Waals surface area contributed by atoms with E-state index in [4.69, 9.17) is 9.84 Å². The van der Waals surface area contributed by atoms with E-state index in [2.05, 4.69) is 6.92 Å². The van der Waals surface area contributed by atoms with Gasteiger partial charge in [0.2, 0.25) is 0 Å². The standard InChI is InChI=1S/C16H22O3/c1-2-12-4-3-5-15(10-12)19-14-8-6-13(7-9-14)11-16(17)18/h6-9,12,15H,2-5,10-11H2,1H3,(H,17,18).